The number of nitrogens with zero attached hydrogens (tertiary/aromatic N) is 2. The first kappa shape index (κ1) is 24.2. The Bertz CT molecular complexity index is 947. The van der Waals surface area contributed by atoms with Gasteiger partial charge in [-0.3, -0.25) is 0 Å². The van der Waals surface area contributed by atoms with E-state index in [9.17, 15) is 5.53 Å². The molecule has 2 aromatic carbocycles. The zero-order valence-electron chi connectivity index (χ0n) is 20.4. The number of rotatable bonds is 13. The monoisotopic (exact) mass is 428 g/mol. The van der Waals surface area contributed by atoms with Crippen LogP contribution in [0.25, 0.3) is 16.9 Å². The first-order chi connectivity index (χ1) is 15.7. The van der Waals surface area contributed by atoms with Crippen LogP contribution in [0.15, 0.2) is 60.2 Å². The molecule has 32 heavy (non-hydrogen) atoms. The van der Waals surface area contributed by atoms with Crippen molar-refractivity contribution in [2.45, 2.75) is 91.4 Å². The van der Waals surface area contributed by atoms with E-state index in [1.807, 2.05) is 0 Å². The Balaban J connectivity index is 1.83. The molecule has 0 unspecified atom stereocenters. The third-order valence-electron chi connectivity index (χ3n) is 6.44. The fourth-order valence-corrected chi connectivity index (χ4v) is 4.48. The van der Waals surface area contributed by atoms with E-state index in [4.69, 9.17) is 0 Å². The molecular weight excluding hydrogens is 388 g/mol. The first-order valence-electron chi connectivity index (χ1n) is 12.8. The van der Waals surface area contributed by atoms with Crippen molar-refractivity contribution < 1.29 is 4.70 Å². The normalized spacial score (nSPS) is 13.7. The lowest BCUT2D eigenvalue weighted by Gasteiger charge is -2.11. The molecule has 0 aromatic heterocycles. The molecule has 2 nitrogen and oxygen atoms in total. The minimum Gasteiger partial charge on any atom is -0.493 e. The molecule has 0 bridgehead atoms. The van der Waals surface area contributed by atoms with Crippen LogP contribution in [0.2, 0.25) is 0 Å². The van der Waals surface area contributed by atoms with E-state index in [1.54, 1.807) is 0 Å². The summed E-state index contributed by atoms with van der Waals surface area (Å²) in [6.45, 7) is 6.71. The molecule has 3 rings (SSSR count). The molecule has 0 atom stereocenters. The molecule has 0 radical (unpaired) electrons. The van der Waals surface area contributed by atoms with Crippen molar-refractivity contribution in [1.29, 1.82) is 0 Å². The standard InChI is InChI=1S/C30H40N2/c1-4-7-10-11-14-25-15-12-17-27(22-25)30-28(16-9-6-3)23-29(32(30)31)26-20-18-24(19-21-26)13-8-5-2/h12,15,17-23H,4-11,13-14,16H2,1-3H3. The summed E-state index contributed by atoms with van der Waals surface area (Å²) in [7, 11) is 0. The van der Waals surface area contributed by atoms with Crippen LogP contribution < -0.4 is 0 Å². The quantitative estimate of drug-likeness (QED) is 0.224. The van der Waals surface area contributed by atoms with Gasteiger partial charge in [0.1, 0.15) is 0 Å². The number of allylic oxidation sites excluding steroid dienone is 2. The maximum atomic E-state index is 11.3. The molecule has 1 heterocycles. The van der Waals surface area contributed by atoms with Gasteiger partial charge in [-0.1, -0.05) is 77.1 Å². The average molecular weight is 429 g/mol. The number of hydrogen-bond acceptors (Lipinski definition) is 0. The summed E-state index contributed by atoms with van der Waals surface area (Å²) >= 11 is 0. The lowest BCUT2D eigenvalue weighted by atomic mass is 9.99. The Hall–Kier alpha value is -2.48. The Morgan fingerprint density at radius 1 is 0.656 bits per heavy atom. The summed E-state index contributed by atoms with van der Waals surface area (Å²) in [5, 5.41) is 0. The molecular formula is C30H40N2. The van der Waals surface area contributed by atoms with Crippen molar-refractivity contribution in [3.8, 4) is 0 Å². The third-order valence-corrected chi connectivity index (χ3v) is 6.44. The molecule has 2 heteroatoms. The summed E-state index contributed by atoms with van der Waals surface area (Å²) in [5.41, 5.74) is 19.3. The van der Waals surface area contributed by atoms with Gasteiger partial charge in [-0.2, -0.15) is 0 Å². The molecule has 1 aliphatic heterocycles. The fourth-order valence-electron chi connectivity index (χ4n) is 4.48. The topological polar surface area (TPSA) is 25.3 Å². The van der Waals surface area contributed by atoms with Crippen LogP contribution in [0.3, 0.4) is 0 Å². The first-order valence-corrected chi connectivity index (χ1v) is 12.8. The highest BCUT2D eigenvalue weighted by molar-refractivity contribution is 5.78. The van der Waals surface area contributed by atoms with E-state index < -0.39 is 0 Å². The lowest BCUT2D eigenvalue weighted by molar-refractivity contribution is -0.344. The van der Waals surface area contributed by atoms with Crippen molar-refractivity contribution in [3.05, 3.63) is 88.0 Å². The van der Waals surface area contributed by atoms with Crippen LogP contribution in [0.1, 0.15) is 101 Å². The Kier molecular flexibility index (Phi) is 9.46. The van der Waals surface area contributed by atoms with Gasteiger partial charge in [0, 0.05) is 22.8 Å². The molecule has 0 saturated heterocycles. The number of unbranched alkanes of at least 4 members (excludes halogenated alkanes) is 5. The molecule has 170 valence electrons. The zero-order chi connectivity index (χ0) is 22.8. The third kappa shape index (κ3) is 6.28. The predicted octanol–water partition coefficient (Wildman–Crippen LogP) is 9.14. The van der Waals surface area contributed by atoms with E-state index in [1.165, 1.54) is 59.9 Å². The molecule has 0 amide bonds. The Morgan fingerprint density at radius 3 is 2.06 bits per heavy atom. The number of benzene rings is 2. The van der Waals surface area contributed by atoms with Crippen molar-refractivity contribution in [2.75, 3.05) is 0 Å². The lowest BCUT2D eigenvalue weighted by Crippen LogP contribution is -2.03. The van der Waals surface area contributed by atoms with Crippen LogP contribution in [0.5, 0.6) is 0 Å². The molecule has 0 N–H and O–H groups in total. The highest BCUT2D eigenvalue weighted by atomic mass is 15.2. The summed E-state index contributed by atoms with van der Waals surface area (Å²) in [6.07, 6.45) is 15.2. The van der Waals surface area contributed by atoms with E-state index in [-0.39, 0.29) is 0 Å². The van der Waals surface area contributed by atoms with Gasteiger partial charge >= 0.3 is 0 Å². The molecule has 0 saturated carbocycles. The van der Waals surface area contributed by atoms with Crippen LogP contribution in [0, 0.1) is 0 Å². The van der Waals surface area contributed by atoms with E-state index in [2.05, 4.69) is 75.4 Å². The summed E-state index contributed by atoms with van der Waals surface area (Å²) < 4.78 is 1.43. The van der Waals surface area contributed by atoms with Gasteiger partial charge in [0.15, 0.2) is 0 Å². The highest BCUT2D eigenvalue weighted by Crippen LogP contribution is 2.37. The van der Waals surface area contributed by atoms with Gasteiger partial charge in [0.25, 0.3) is 0 Å². The smallest absolute Gasteiger partial charge is 0.210 e. The van der Waals surface area contributed by atoms with Gasteiger partial charge in [0.05, 0.1) is 0 Å². The maximum Gasteiger partial charge on any atom is 0.210 e. The highest BCUT2D eigenvalue weighted by Gasteiger charge is 2.28. The van der Waals surface area contributed by atoms with Crippen LogP contribution in [-0.4, -0.2) is 4.70 Å². The van der Waals surface area contributed by atoms with Gasteiger partial charge < -0.3 is 5.53 Å². The van der Waals surface area contributed by atoms with Crippen molar-refractivity contribution in [3.63, 3.8) is 0 Å². The second-order valence-corrected chi connectivity index (χ2v) is 9.13. The van der Waals surface area contributed by atoms with Crippen LogP contribution >= 0.6 is 0 Å². The van der Waals surface area contributed by atoms with Gasteiger partial charge in [-0.25, -0.2) is 4.70 Å². The average Bonchev–Trinajstić information content (AvgIpc) is 3.15. The minimum absolute atomic E-state index is 0.890. The van der Waals surface area contributed by atoms with Crippen molar-refractivity contribution in [2.24, 2.45) is 0 Å². The molecule has 0 spiro atoms. The fraction of sp³-hybridized carbons (Fsp3) is 0.467. The van der Waals surface area contributed by atoms with Gasteiger partial charge in [0.2, 0.25) is 11.4 Å². The molecule has 0 fully saturated rings. The van der Waals surface area contributed by atoms with E-state index in [0.717, 1.165) is 54.6 Å². The number of hydrogen-bond donors (Lipinski definition) is 0. The predicted molar refractivity (Wildman–Crippen MR) is 137 cm³/mol. The van der Waals surface area contributed by atoms with Crippen molar-refractivity contribution in [1.82, 2.24) is 0 Å². The number of aryl methyl sites for hydroxylation is 2. The Morgan fingerprint density at radius 2 is 1.34 bits per heavy atom. The van der Waals surface area contributed by atoms with E-state index >= 15 is 0 Å². The zero-order valence-corrected chi connectivity index (χ0v) is 20.4. The van der Waals surface area contributed by atoms with Crippen molar-refractivity contribution >= 4 is 11.4 Å². The van der Waals surface area contributed by atoms with Crippen LogP contribution in [-0.2, 0) is 12.8 Å². The van der Waals surface area contributed by atoms with Gasteiger partial charge in [-0.15, -0.1) is 0 Å². The summed E-state index contributed by atoms with van der Waals surface area (Å²) in [5.74, 6) is 0. The van der Waals surface area contributed by atoms with E-state index in [0.29, 0.717) is 0 Å². The Labute approximate surface area is 195 Å². The maximum absolute atomic E-state index is 11.3. The SMILES string of the molecule is CCCCCCc1cccc(C2=C(CCCC)C=C(c3ccc(CCCC)cc3)[N+]2=[N-])c1. The second-order valence-electron chi connectivity index (χ2n) is 9.13. The summed E-state index contributed by atoms with van der Waals surface area (Å²) in [6, 6.07) is 17.5. The molecule has 0 aliphatic carbocycles. The minimum atomic E-state index is 0.890. The largest absolute Gasteiger partial charge is 0.493 e. The molecule has 1 aliphatic rings. The second kappa shape index (κ2) is 12.5. The van der Waals surface area contributed by atoms with Crippen LogP contribution in [0.4, 0.5) is 0 Å². The van der Waals surface area contributed by atoms with Gasteiger partial charge in [-0.05, 0) is 73.9 Å². The summed E-state index contributed by atoms with van der Waals surface area (Å²) in [4.78, 5) is 0. The molecule has 2 aromatic rings.